The van der Waals surface area contributed by atoms with Gasteiger partial charge in [0.25, 0.3) is 0 Å². The van der Waals surface area contributed by atoms with Crippen molar-refractivity contribution >= 4 is 23.0 Å². The fraction of sp³-hybridized carbons (Fsp3) is 0.350. The number of benzene rings is 2. The van der Waals surface area contributed by atoms with Gasteiger partial charge in [0.2, 0.25) is 0 Å². The predicted molar refractivity (Wildman–Crippen MR) is 108 cm³/mol. The van der Waals surface area contributed by atoms with Crippen molar-refractivity contribution in [1.29, 1.82) is 0 Å². The van der Waals surface area contributed by atoms with E-state index in [4.69, 9.17) is 21.7 Å². The Morgan fingerprint density at radius 3 is 2.36 bits per heavy atom. The summed E-state index contributed by atoms with van der Waals surface area (Å²) >= 11 is 5.36. The quantitative estimate of drug-likeness (QED) is 0.712. The normalized spacial score (nSPS) is 11.7. The van der Waals surface area contributed by atoms with Crippen LogP contribution in [-0.2, 0) is 0 Å². The van der Waals surface area contributed by atoms with Crippen molar-refractivity contribution in [2.24, 2.45) is 0 Å². The van der Waals surface area contributed by atoms with Crippen molar-refractivity contribution in [2.75, 3.05) is 11.9 Å². The van der Waals surface area contributed by atoms with Gasteiger partial charge in [-0.15, -0.1) is 0 Å². The second-order valence-corrected chi connectivity index (χ2v) is 6.68. The van der Waals surface area contributed by atoms with Crippen molar-refractivity contribution in [3.8, 4) is 11.5 Å². The van der Waals surface area contributed by atoms with E-state index in [1.165, 1.54) is 0 Å². The van der Waals surface area contributed by atoms with Gasteiger partial charge >= 0.3 is 0 Å². The third-order valence-corrected chi connectivity index (χ3v) is 3.66. The number of rotatable bonds is 7. The van der Waals surface area contributed by atoms with Gasteiger partial charge in [0.1, 0.15) is 18.1 Å². The van der Waals surface area contributed by atoms with Gasteiger partial charge < -0.3 is 20.1 Å². The van der Waals surface area contributed by atoms with Crippen LogP contribution < -0.4 is 20.1 Å². The molecule has 0 heterocycles. The number of hydrogen-bond donors (Lipinski definition) is 2. The van der Waals surface area contributed by atoms with Crippen molar-refractivity contribution in [2.45, 2.75) is 39.8 Å². The Kier molecular flexibility index (Phi) is 7.07. The fourth-order valence-electron chi connectivity index (χ4n) is 2.25. The van der Waals surface area contributed by atoms with Crippen LogP contribution in [0, 0.1) is 6.92 Å². The zero-order valence-electron chi connectivity index (χ0n) is 15.2. The van der Waals surface area contributed by atoms with E-state index in [1.54, 1.807) is 0 Å². The average molecular weight is 359 g/mol. The van der Waals surface area contributed by atoms with Crippen LogP contribution in [0.4, 0.5) is 5.69 Å². The minimum atomic E-state index is 0.0863. The Morgan fingerprint density at radius 2 is 1.72 bits per heavy atom. The van der Waals surface area contributed by atoms with Gasteiger partial charge in [-0.05, 0) is 75.8 Å². The molecule has 2 rings (SSSR count). The number of nitrogens with one attached hydrogen (secondary N) is 2. The molecule has 2 N–H and O–H groups in total. The summed E-state index contributed by atoms with van der Waals surface area (Å²) in [6, 6.07) is 15.8. The van der Waals surface area contributed by atoms with Gasteiger partial charge in [-0.25, -0.2) is 0 Å². The van der Waals surface area contributed by atoms with Crippen LogP contribution in [0.15, 0.2) is 48.5 Å². The van der Waals surface area contributed by atoms with Crippen LogP contribution in [0.2, 0.25) is 0 Å². The Hall–Kier alpha value is -2.27. The maximum absolute atomic E-state index is 5.84. The lowest BCUT2D eigenvalue weighted by Gasteiger charge is -2.18. The van der Waals surface area contributed by atoms with Gasteiger partial charge in [-0.2, -0.15) is 0 Å². The molecule has 0 amide bonds. The van der Waals surface area contributed by atoms with E-state index in [1.807, 2.05) is 76.2 Å². The largest absolute Gasteiger partial charge is 0.491 e. The Bertz CT molecular complexity index is 686. The number of thiocarbonyl (C=S) groups is 1. The molecule has 0 aliphatic carbocycles. The average Bonchev–Trinajstić information content (AvgIpc) is 2.55. The Balaban J connectivity index is 1.78. The topological polar surface area (TPSA) is 42.5 Å². The highest BCUT2D eigenvalue weighted by atomic mass is 32.1. The van der Waals surface area contributed by atoms with E-state index in [9.17, 15) is 0 Å². The molecule has 0 aliphatic heterocycles. The highest BCUT2D eigenvalue weighted by molar-refractivity contribution is 7.80. The zero-order chi connectivity index (χ0) is 18.2. The minimum absolute atomic E-state index is 0.0863. The Labute approximate surface area is 155 Å². The van der Waals surface area contributed by atoms with Gasteiger partial charge in [-0.3, -0.25) is 0 Å². The molecular weight excluding hydrogens is 332 g/mol. The van der Waals surface area contributed by atoms with E-state index >= 15 is 0 Å². The Morgan fingerprint density at radius 1 is 1.04 bits per heavy atom. The summed E-state index contributed by atoms with van der Waals surface area (Å²) in [5, 5.41) is 6.97. The van der Waals surface area contributed by atoms with E-state index in [2.05, 4.69) is 10.6 Å². The fourth-order valence-corrected chi connectivity index (χ4v) is 2.57. The first-order valence-corrected chi connectivity index (χ1v) is 8.87. The monoisotopic (exact) mass is 358 g/mol. The third kappa shape index (κ3) is 6.63. The predicted octanol–water partition coefficient (Wildman–Crippen LogP) is 4.54. The molecule has 0 unspecified atom stereocenters. The van der Waals surface area contributed by atoms with Gasteiger partial charge in [0.05, 0.1) is 12.1 Å². The smallest absolute Gasteiger partial charge is 0.171 e. The molecule has 134 valence electrons. The molecule has 0 aromatic heterocycles. The van der Waals surface area contributed by atoms with Crippen molar-refractivity contribution in [3.63, 3.8) is 0 Å². The van der Waals surface area contributed by atoms with Crippen LogP contribution in [-0.4, -0.2) is 23.9 Å². The number of aryl methyl sites for hydroxylation is 1. The van der Waals surface area contributed by atoms with Crippen molar-refractivity contribution in [3.05, 3.63) is 54.1 Å². The molecule has 0 aliphatic rings. The molecule has 1 atom stereocenters. The number of para-hydroxylation sites is 1. The summed E-state index contributed by atoms with van der Waals surface area (Å²) in [5.41, 5.74) is 2.04. The van der Waals surface area contributed by atoms with Crippen molar-refractivity contribution in [1.82, 2.24) is 5.32 Å². The van der Waals surface area contributed by atoms with E-state index in [-0.39, 0.29) is 12.1 Å². The summed E-state index contributed by atoms with van der Waals surface area (Å²) in [6.07, 6.45) is 0.163. The first kappa shape index (κ1) is 19.1. The standard InChI is InChI=1S/C20H26N2O2S/c1-14(2)24-18-11-9-17(10-12-18)22-20(25)21-16(4)13-23-19-8-6-5-7-15(19)3/h5-12,14,16H,13H2,1-4H3,(H2,21,22,25)/t16-/m0/s1. The van der Waals surface area contributed by atoms with Gasteiger partial charge in [0, 0.05) is 5.69 Å². The highest BCUT2D eigenvalue weighted by Crippen LogP contribution is 2.17. The van der Waals surface area contributed by atoms with Crippen molar-refractivity contribution < 1.29 is 9.47 Å². The van der Waals surface area contributed by atoms with Crippen LogP contribution in [0.3, 0.4) is 0 Å². The molecule has 0 fully saturated rings. The lowest BCUT2D eigenvalue weighted by atomic mass is 10.2. The molecule has 0 saturated carbocycles. The summed E-state index contributed by atoms with van der Waals surface area (Å²) in [4.78, 5) is 0. The first-order valence-electron chi connectivity index (χ1n) is 8.46. The number of hydrogen-bond acceptors (Lipinski definition) is 3. The molecule has 0 radical (unpaired) electrons. The van der Waals surface area contributed by atoms with Crippen LogP contribution in [0.1, 0.15) is 26.3 Å². The summed E-state index contributed by atoms with van der Waals surface area (Å²) in [6.45, 7) is 8.61. The molecular formula is C20H26N2O2S. The highest BCUT2D eigenvalue weighted by Gasteiger charge is 2.07. The summed E-state index contributed by atoms with van der Waals surface area (Å²) in [5.74, 6) is 1.75. The van der Waals surface area contributed by atoms with E-state index in [0.717, 1.165) is 22.7 Å². The molecule has 0 bridgehead atoms. The molecule has 4 nitrogen and oxygen atoms in total. The lowest BCUT2D eigenvalue weighted by molar-refractivity contribution is 0.242. The summed E-state index contributed by atoms with van der Waals surface area (Å²) < 4.78 is 11.5. The lowest BCUT2D eigenvalue weighted by Crippen LogP contribution is -2.39. The number of anilines is 1. The molecule has 5 heteroatoms. The van der Waals surface area contributed by atoms with Crippen LogP contribution in [0.25, 0.3) is 0 Å². The molecule has 0 spiro atoms. The first-order chi connectivity index (χ1) is 11.9. The molecule has 25 heavy (non-hydrogen) atoms. The second-order valence-electron chi connectivity index (χ2n) is 6.27. The molecule has 2 aromatic rings. The maximum atomic E-state index is 5.84. The SMILES string of the molecule is Cc1ccccc1OC[C@H](C)NC(=S)Nc1ccc(OC(C)C)cc1. The second kappa shape index (κ2) is 9.28. The number of ether oxygens (including phenoxy) is 2. The van der Waals surface area contributed by atoms with E-state index < -0.39 is 0 Å². The minimum Gasteiger partial charge on any atom is -0.491 e. The van der Waals surface area contributed by atoms with E-state index in [0.29, 0.717) is 11.7 Å². The summed E-state index contributed by atoms with van der Waals surface area (Å²) in [7, 11) is 0. The van der Waals surface area contributed by atoms with Gasteiger partial charge in [0.15, 0.2) is 5.11 Å². The van der Waals surface area contributed by atoms with Crippen LogP contribution in [0.5, 0.6) is 11.5 Å². The van der Waals surface area contributed by atoms with Crippen LogP contribution >= 0.6 is 12.2 Å². The molecule has 0 saturated heterocycles. The molecule has 2 aromatic carbocycles. The van der Waals surface area contributed by atoms with Gasteiger partial charge in [-0.1, -0.05) is 18.2 Å². The zero-order valence-corrected chi connectivity index (χ0v) is 16.0. The maximum Gasteiger partial charge on any atom is 0.171 e. The third-order valence-electron chi connectivity index (χ3n) is 3.44.